The molecule has 1 rings (SSSR count). The van der Waals surface area contributed by atoms with Crippen LogP contribution in [0.25, 0.3) is 0 Å². The van der Waals surface area contributed by atoms with Crippen LogP contribution in [0.2, 0.25) is 5.02 Å². The van der Waals surface area contributed by atoms with Gasteiger partial charge in [-0.15, -0.1) is 0 Å². The second kappa shape index (κ2) is 2.36. The molecular formula is C7H6ClF. The molecule has 9 heavy (non-hydrogen) atoms. The van der Waals surface area contributed by atoms with Crippen LogP contribution in [0.5, 0.6) is 0 Å². The van der Waals surface area contributed by atoms with Gasteiger partial charge in [0.25, 0.3) is 0 Å². The van der Waals surface area contributed by atoms with Gasteiger partial charge in [0, 0.05) is 0 Å². The van der Waals surface area contributed by atoms with Crippen LogP contribution in [0, 0.1) is 12.7 Å². The summed E-state index contributed by atoms with van der Waals surface area (Å²) in [5, 5.41) is 0.190. The first-order chi connectivity index (χ1) is 4.20. The van der Waals surface area contributed by atoms with Crippen LogP contribution in [0.4, 0.5) is 4.39 Å². The minimum absolute atomic E-state index is 0.190. The summed E-state index contributed by atoms with van der Waals surface area (Å²) in [6, 6.07) is 4.63. The van der Waals surface area contributed by atoms with Crippen molar-refractivity contribution in [2.24, 2.45) is 0 Å². The fourth-order valence-corrected chi connectivity index (χ4v) is 0.836. The summed E-state index contributed by atoms with van der Waals surface area (Å²) >= 11 is 5.44. The third-order valence-corrected chi connectivity index (χ3v) is 1.36. The lowest BCUT2D eigenvalue weighted by Gasteiger charge is -1.93. The highest BCUT2D eigenvalue weighted by atomic mass is 35.5. The first-order valence-corrected chi connectivity index (χ1v) is 2.99. The van der Waals surface area contributed by atoms with Gasteiger partial charge in [0.05, 0.1) is 5.02 Å². The molecule has 1 aromatic carbocycles. The van der Waals surface area contributed by atoms with Crippen molar-refractivity contribution in [3.63, 3.8) is 0 Å². The predicted octanol–water partition coefficient (Wildman–Crippen LogP) is 2.79. The zero-order valence-corrected chi connectivity index (χ0v) is 5.74. The van der Waals surface area contributed by atoms with Gasteiger partial charge in [0.2, 0.25) is 0 Å². The van der Waals surface area contributed by atoms with Crippen LogP contribution < -0.4 is 0 Å². The standard InChI is InChI=1S/C7H6ClF/c1-5-2-3-7(9)6(8)4-5/h2-4H,1H3. The van der Waals surface area contributed by atoms with E-state index in [0.717, 1.165) is 5.56 Å². The van der Waals surface area contributed by atoms with Gasteiger partial charge < -0.3 is 0 Å². The number of rotatable bonds is 0. The Labute approximate surface area is 58.3 Å². The van der Waals surface area contributed by atoms with E-state index in [0.29, 0.717) is 0 Å². The second-order valence-electron chi connectivity index (χ2n) is 1.92. The Balaban J connectivity index is 3.17. The molecule has 0 saturated heterocycles. The summed E-state index contributed by atoms with van der Waals surface area (Å²) < 4.78 is 12.4. The Kier molecular flexibility index (Phi) is 1.72. The highest BCUT2D eigenvalue weighted by molar-refractivity contribution is 6.30. The van der Waals surface area contributed by atoms with E-state index in [9.17, 15) is 4.39 Å². The molecule has 0 aliphatic heterocycles. The van der Waals surface area contributed by atoms with E-state index in [1.807, 2.05) is 6.92 Å². The lowest BCUT2D eigenvalue weighted by Crippen LogP contribution is -1.76. The van der Waals surface area contributed by atoms with E-state index >= 15 is 0 Å². The van der Waals surface area contributed by atoms with E-state index < -0.39 is 0 Å². The summed E-state index contributed by atoms with van der Waals surface area (Å²) in [6.07, 6.45) is 0. The maximum atomic E-state index is 12.4. The minimum atomic E-state index is -0.359. The molecule has 0 unspecified atom stereocenters. The van der Waals surface area contributed by atoms with Gasteiger partial charge in [-0.25, -0.2) is 4.39 Å². The van der Waals surface area contributed by atoms with E-state index in [1.54, 1.807) is 12.1 Å². The minimum Gasteiger partial charge on any atom is -0.205 e. The summed E-state index contributed by atoms with van der Waals surface area (Å²) in [6.45, 7) is 1.87. The maximum Gasteiger partial charge on any atom is 0.141 e. The lowest BCUT2D eigenvalue weighted by molar-refractivity contribution is 0.628. The van der Waals surface area contributed by atoms with Gasteiger partial charge in [0.1, 0.15) is 5.82 Å². The first-order valence-electron chi connectivity index (χ1n) is 2.62. The Bertz CT molecular complexity index is 220. The number of halogens is 2. The molecule has 0 aromatic heterocycles. The van der Waals surface area contributed by atoms with Gasteiger partial charge in [-0.3, -0.25) is 0 Å². The van der Waals surface area contributed by atoms with Crippen molar-refractivity contribution in [3.8, 4) is 0 Å². The van der Waals surface area contributed by atoms with E-state index in [4.69, 9.17) is 11.6 Å². The van der Waals surface area contributed by atoms with Gasteiger partial charge in [0.15, 0.2) is 0 Å². The van der Waals surface area contributed by atoms with Crippen LogP contribution in [-0.2, 0) is 0 Å². The Morgan fingerprint density at radius 1 is 1.44 bits per heavy atom. The van der Waals surface area contributed by atoms with E-state index in [1.165, 1.54) is 6.07 Å². The first kappa shape index (κ1) is 6.56. The van der Waals surface area contributed by atoms with E-state index in [-0.39, 0.29) is 10.8 Å². The quantitative estimate of drug-likeness (QED) is 0.525. The SMILES string of the molecule is Cc1ccc(F)c(Cl)c1. The largest absolute Gasteiger partial charge is 0.205 e. The Morgan fingerprint density at radius 2 is 2.11 bits per heavy atom. The van der Waals surface area contributed by atoms with E-state index in [2.05, 4.69) is 0 Å². The molecule has 48 valence electrons. The molecule has 0 atom stereocenters. The number of aryl methyl sites for hydroxylation is 1. The van der Waals surface area contributed by atoms with Crippen molar-refractivity contribution in [3.05, 3.63) is 34.6 Å². The number of benzene rings is 1. The van der Waals surface area contributed by atoms with Gasteiger partial charge in [-0.2, -0.15) is 0 Å². The smallest absolute Gasteiger partial charge is 0.141 e. The third kappa shape index (κ3) is 1.42. The normalized spacial score (nSPS) is 9.67. The average molecular weight is 145 g/mol. The van der Waals surface area contributed by atoms with Crippen molar-refractivity contribution in [1.29, 1.82) is 0 Å². The molecule has 1 aromatic rings. The molecule has 0 amide bonds. The summed E-state index contributed by atoms with van der Waals surface area (Å²) in [7, 11) is 0. The van der Waals surface area contributed by atoms with Gasteiger partial charge >= 0.3 is 0 Å². The topological polar surface area (TPSA) is 0 Å². The molecule has 0 fully saturated rings. The molecule has 0 spiro atoms. The number of hydrogen-bond donors (Lipinski definition) is 0. The zero-order chi connectivity index (χ0) is 6.85. The van der Waals surface area contributed by atoms with Crippen molar-refractivity contribution in [1.82, 2.24) is 0 Å². The third-order valence-electron chi connectivity index (χ3n) is 1.08. The molecule has 0 N–H and O–H groups in total. The van der Waals surface area contributed by atoms with Crippen LogP contribution in [0.3, 0.4) is 0 Å². The van der Waals surface area contributed by atoms with Crippen molar-refractivity contribution < 1.29 is 4.39 Å². The van der Waals surface area contributed by atoms with Crippen molar-refractivity contribution in [2.45, 2.75) is 6.92 Å². The molecule has 0 saturated carbocycles. The molecule has 0 nitrogen and oxygen atoms in total. The van der Waals surface area contributed by atoms with Crippen LogP contribution in [0.15, 0.2) is 18.2 Å². The Hall–Kier alpha value is -0.560. The maximum absolute atomic E-state index is 12.4. The second-order valence-corrected chi connectivity index (χ2v) is 2.32. The fourth-order valence-electron chi connectivity index (χ4n) is 0.601. The molecular weight excluding hydrogens is 139 g/mol. The molecule has 0 radical (unpaired) electrons. The van der Waals surface area contributed by atoms with Crippen LogP contribution in [-0.4, -0.2) is 0 Å². The van der Waals surface area contributed by atoms with Crippen LogP contribution in [0.1, 0.15) is 5.56 Å². The van der Waals surface area contributed by atoms with Crippen LogP contribution >= 0.6 is 11.6 Å². The molecule has 2 heteroatoms. The fraction of sp³-hybridized carbons (Fsp3) is 0.143. The van der Waals surface area contributed by atoms with Gasteiger partial charge in [-0.05, 0) is 24.6 Å². The molecule has 0 aliphatic carbocycles. The predicted molar refractivity (Wildman–Crippen MR) is 36.1 cm³/mol. The summed E-state index contributed by atoms with van der Waals surface area (Å²) in [4.78, 5) is 0. The van der Waals surface area contributed by atoms with Crippen molar-refractivity contribution >= 4 is 11.6 Å². The summed E-state index contributed by atoms with van der Waals surface area (Å²) in [5.74, 6) is -0.359. The number of hydrogen-bond acceptors (Lipinski definition) is 0. The molecule has 0 heterocycles. The summed E-state index contributed by atoms with van der Waals surface area (Å²) in [5.41, 5.74) is 0.974. The molecule has 0 bridgehead atoms. The highest BCUT2D eigenvalue weighted by Crippen LogP contribution is 2.14. The highest BCUT2D eigenvalue weighted by Gasteiger charge is 1.95. The lowest BCUT2D eigenvalue weighted by atomic mass is 10.2. The van der Waals surface area contributed by atoms with Gasteiger partial charge in [-0.1, -0.05) is 17.7 Å². The van der Waals surface area contributed by atoms with Crippen molar-refractivity contribution in [2.75, 3.05) is 0 Å². The zero-order valence-electron chi connectivity index (χ0n) is 4.99. The molecule has 0 aliphatic rings. The average Bonchev–Trinajstić information content (AvgIpc) is 1.80. The Morgan fingerprint density at radius 3 is 2.56 bits per heavy atom. The monoisotopic (exact) mass is 144 g/mol.